The quantitative estimate of drug-likeness (QED) is 0.438. The number of nitrogens with one attached hydrogen (secondary N) is 1. The Morgan fingerprint density at radius 1 is 1.25 bits per heavy atom. The van der Waals surface area contributed by atoms with Crippen LogP contribution in [0.3, 0.4) is 0 Å². The summed E-state index contributed by atoms with van der Waals surface area (Å²) in [7, 11) is 0. The van der Waals surface area contributed by atoms with Gasteiger partial charge >= 0.3 is 0 Å². The molecule has 1 heterocycles. The van der Waals surface area contributed by atoms with Gasteiger partial charge < -0.3 is 5.32 Å². The first-order valence-corrected chi connectivity index (χ1v) is 9.87. The van der Waals surface area contributed by atoms with Crippen LogP contribution in [0, 0.1) is 5.82 Å². The Kier molecular flexibility index (Phi) is 6.84. The summed E-state index contributed by atoms with van der Waals surface area (Å²) >= 11 is 7.18. The monoisotopic (exact) mass is 416 g/mol. The van der Waals surface area contributed by atoms with Crippen LogP contribution in [0.1, 0.15) is 5.56 Å². The van der Waals surface area contributed by atoms with Crippen LogP contribution in [0.2, 0.25) is 5.02 Å². The van der Waals surface area contributed by atoms with Gasteiger partial charge in [0.2, 0.25) is 5.91 Å². The molecule has 0 saturated heterocycles. The van der Waals surface area contributed by atoms with Crippen LogP contribution in [0.15, 0.2) is 66.3 Å². The van der Waals surface area contributed by atoms with Gasteiger partial charge in [-0.25, -0.2) is 4.39 Å². The van der Waals surface area contributed by atoms with Crippen LogP contribution in [0.4, 0.5) is 4.39 Å². The van der Waals surface area contributed by atoms with Gasteiger partial charge in [0.15, 0.2) is 11.0 Å². The van der Waals surface area contributed by atoms with Gasteiger partial charge in [-0.2, -0.15) is 0 Å². The van der Waals surface area contributed by atoms with Gasteiger partial charge in [0, 0.05) is 18.1 Å². The van der Waals surface area contributed by atoms with Crippen molar-refractivity contribution < 1.29 is 9.18 Å². The number of thioether (sulfide) groups is 1. The highest BCUT2D eigenvalue weighted by molar-refractivity contribution is 7.99. The zero-order valence-electron chi connectivity index (χ0n) is 14.9. The number of hydrogen-bond acceptors (Lipinski definition) is 4. The molecular formula is C20H18ClFN4OS. The number of aromatic nitrogens is 3. The van der Waals surface area contributed by atoms with Crippen molar-refractivity contribution in [3.63, 3.8) is 0 Å². The third kappa shape index (κ3) is 4.99. The number of rotatable bonds is 8. The van der Waals surface area contributed by atoms with Gasteiger partial charge in [0.05, 0.1) is 11.3 Å². The van der Waals surface area contributed by atoms with E-state index < -0.39 is 0 Å². The molecule has 0 fully saturated rings. The zero-order chi connectivity index (χ0) is 19.9. The van der Waals surface area contributed by atoms with Crippen LogP contribution >= 0.6 is 23.4 Å². The van der Waals surface area contributed by atoms with E-state index in [4.69, 9.17) is 11.6 Å². The average Bonchev–Trinajstić information content (AvgIpc) is 3.08. The summed E-state index contributed by atoms with van der Waals surface area (Å²) < 4.78 is 15.9. The third-order valence-electron chi connectivity index (χ3n) is 3.85. The van der Waals surface area contributed by atoms with Gasteiger partial charge in [0.25, 0.3) is 0 Å². The minimum atomic E-state index is -0.379. The molecule has 2 aromatic carbocycles. The Bertz CT molecular complexity index is 992. The first-order chi connectivity index (χ1) is 13.6. The van der Waals surface area contributed by atoms with E-state index in [1.165, 1.54) is 17.8 Å². The average molecular weight is 417 g/mol. The van der Waals surface area contributed by atoms with Gasteiger partial charge in [-0.3, -0.25) is 9.36 Å². The lowest BCUT2D eigenvalue weighted by atomic mass is 10.2. The molecule has 0 bridgehead atoms. The van der Waals surface area contributed by atoms with Crippen molar-refractivity contribution in [2.24, 2.45) is 0 Å². The van der Waals surface area contributed by atoms with Crippen LogP contribution in [0.25, 0.3) is 11.4 Å². The van der Waals surface area contributed by atoms with Gasteiger partial charge in [0.1, 0.15) is 5.82 Å². The van der Waals surface area contributed by atoms with Crippen molar-refractivity contribution in [1.29, 1.82) is 0 Å². The molecule has 1 aromatic heterocycles. The second-order valence-electron chi connectivity index (χ2n) is 5.88. The number of carbonyl (C=O) groups is 1. The van der Waals surface area contributed by atoms with Crippen molar-refractivity contribution in [1.82, 2.24) is 20.1 Å². The number of carbonyl (C=O) groups excluding carboxylic acids is 1. The first kappa shape index (κ1) is 20.1. The van der Waals surface area contributed by atoms with Crippen molar-refractivity contribution in [3.05, 3.63) is 77.6 Å². The molecule has 0 spiro atoms. The van der Waals surface area contributed by atoms with E-state index >= 15 is 0 Å². The standard InChI is InChI=1S/C20H18ClFN4OS/c1-2-10-26-19(16-8-3-4-9-17(16)22)24-25-20(26)28-13-18(27)23-12-14-6-5-7-15(21)11-14/h2-9,11H,1,10,12-13H2,(H,23,27). The summed E-state index contributed by atoms with van der Waals surface area (Å²) in [5.74, 6) is 0.0362. The van der Waals surface area contributed by atoms with Crippen LogP contribution in [0.5, 0.6) is 0 Å². The molecule has 3 rings (SSSR count). The van der Waals surface area contributed by atoms with E-state index in [2.05, 4.69) is 22.1 Å². The summed E-state index contributed by atoms with van der Waals surface area (Å²) in [6.45, 7) is 4.52. The topological polar surface area (TPSA) is 59.8 Å². The van der Waals surface area contributed by atoms with E-state index in [1.54, 1.807) is 41.0 Å². The SMILES string of the molecule is C=CCn1c(SCC(=O)NCc2cccc(Cl)c2)nnc1-c1ccccc1F. The number of halogens is 2. The molecule has 0 aliphatic carbocycles. The third-order valence-corrected chi connectivity index (χ3v) is 5.06. The normalized spacial score (nSPS) is 10.6. The Morgan fingerprint density at radius 3 is 2.82 bits per heavy atom. The molecule has 144 valence electrons. The van der Waals surface area contributed by atoms with Crippen LogP contribution < -0.4 is 5.32 Å². The fourth-order valence-electron chi connectivity index (χ4n) is 2.56. The second kappa shape index (κ2) is 9.52. The van der Waals surface area contributed by atoms with Crippen molar-refractivity contribution in [2.75, 3.05) is 5.75 Å². The zero-order valence-corrected chi connectivity index (χ0v) is 16.5. The molecule has 0 aliphatic heterocycles. The van der Waals surface area contributed by atoms with E-state index in [9.17, 15) is 9.18 Å². The summed E-state index contributed by atoms with van der Waals surface area (Å²) in [6, 6.07) is 13.7. The Balaban J connectivity index is 1.66. The molecule has 0 atom stereocenters. The maximum Gasteiger partial charge on any atom is 0.230 e. The molecule has 0 unspecified atom stereocenters. The molecule has 1 N–H and O–H groups in total. The number of hydrogen-bond donors (Lipinski definition) is 1. The minimum Gasteiger partial charge on any atom is -0.351 e. The molecule has 0 aliphatic rings. The number of benzene rings is 2. The molecular weight excluding hydrogens is 399 g/mol. The summed E-state index contributed by atoms with van der Waals surface area (Å²) in [5.41, 5.74) is 1.27. The molecule has 5 nitrogen and oxygen atoms in total. The number of amides is 1. The Hall–Kier alpha value is -2.64. The molecule has 1 amide bonds. The molecule has 3 aromatic rings. The largest absolute Gasteiger partial charge is 0.351 e. The first-order valence-electron chi connectivity index (χ1n) is 8.51. The predicted molar refractivity (Wildman–Crippen MR) is 110 cm³/mol. The van der Waals surface area contributed by atoms with Crippen molar-refractivity contribution >= 4 is 29.3 Å². The van der Waals surface area contributed by atoms with Gasteiger partial charge in [-0.05, 0) is 29.8 Å². The highest BCUT2D eigenvalue weighted by Crippen LogP contribution is 2.25. The Labute approximate surface area is 171 Å². The van der Waals surface area contributed by atoms with E-state index in [0.717, 1.165) is 5.56 Å². The van der Waals surface area contributed by atoms with Crippen molar-refractivity contribution in [3.8, 4) is 11.4 Å². The predicted octanol–water partition coefficient (Wildman–Crippen LogP) is 4.33. The summed E-state index contributed by atoms with van der Waals surface area (Å²) in [5, 5.41) is 12.2. The lowest BCUT2D eigenvalue weighted by Crippen LogP contribution is -2.24. The minimum absolute atomic E-state index is 0.148. The van der Waals surface area contributed by atoms with Crippen LogP contribution in [-0.4, -0.2) is 26.4 Å². The van der Waals surface area contributed by atoms with Crippen molar-refractivity contribution in [2.45, 2.75) is 18.2 Å². The molecule has 8 heteroatoms. The number of allylic oxidation sites excluding steroid dienone is 1. The van der Waals surface area contributed by atoms with Crippen LogP contribution in [-0.2, 0) is 17.9 Å². The maximum atomic E-state index is 14.1. The van der Waals surface area contributed by atoms with E-state index in [0.29, 0.717) is 34.7 Å². The smallest absolute Gasteiger partial charge is 0.230 e. The second-order valence-corrected chi connectivity index (χ2v) is 7.26. The maximum absolute atomic E-state index is 14.1. The highest BCUT2D eigenvalue weighted by atomic mass is 35.5. The number of nitrogens with zero attached hydrogens (tertiary/aromatic N) is 3. The molecule has 28 heavy (non-hydrogen) atoms. The fraction of sp³-hybridized carbons (Fsp3) is 0.150. The fourth-order valence-corrected chi connectivity index (χ4v) is 3.55. The van der Waals surface area contributed by atoms with Gasteiger partial charge in [-0.15, -0.1) is 16.8 Å². The van der Waals surface area contributed by atoms with E-state index in [1.807, 2.05) is 12.1 Å². The molecule has 0 saturated carbocycles. The Morgan fingerprint density at radius 2 is 2.07 bits per heavy atom. The lowest BCUT2D eigenvalue weighted by Gasteiger charge is -2.09. The molecule has 0 radical (unpaired) electrons. The van der Waals surface area contributed by atoms with E-state index in [-0.39, 0.29) is 17.5 Å². The highest BCUT2D eigenvalue weighted by Gasteiger charge is 2.17. The van der Waals surface area contributed by atoms with Gasteiger partial charge in [-0.1, -0.05) is 53.7 Å². The summed E-state index contributed by atoms with van der Waals surface area (Å²) in [4.78, 5) is 12.2. The lowest BCUT2D eigenvalue weighted by molar-refractivity contribution is -0.118. The summed E-state index contributed by atoms with van der Waals surface area (Å²) in [6.07, 6.45) is 1.68.